The Hall–Kier alpha value is -1.61. The van der Waals surface area contributed by atoms with Crippen LogP contribution in [-0.4, -0.2) is 16.1 Å². The molecule has 2 aromatic rings. The van der Waals surface area contributed by atoms with Crippen molar-refractivity contribution in [1.82, 2.24) is 14.9 Å². The number of nitrogens with zero attached hydrogens (tertiary/aromatic N) is 2. The maximum atomic E-state index is 4.37. The summed E-state index contributed by atoms with van der Waals surface area (Å²) in [5.74, 6) is 1.15. The lowest BCUT2D eigenvalue weighted by Gasteiger charge is -2.12. The van der Waals surface area contributed by atoms with Crippen LogP contribution in [0.3, 0.4) is 0 Å². The summed E-state index contributed by atoms with van der Waals surface area (Å²) in [5, 5.41) is 3.39. The monoisotopic (exact) mass is 243 g/mol. The van der Waals surface area contributed by atoms with E-state index in [0.29, 0.717) is 0 Å². The molecule has 3 nitrogen and oxygen atoms in total. The molecule has 0 spiro atoms. The molecule has 0 atom stereocenters. The van der Waals surface area contributed by atoms with Gasteiger partial charge < -0.3 is 9.88 Å². The molecule has 0 aliphatic rings. The van der Waals surface area contributed by atoms with E-state index in [1.165, 1.54) is 11.1 Å². The molecule has 0 aliphatic heterocycles. The predicted molar refractivity (Wildman–Crippen MR) is 74.5 cm³/mol. The van der Waals surface area contributed by atoms with Crippen LogP contribution in [-0.2, 0) is 19.5 Å². The fraction of sp³-hybridized carbons (Fsp3) is 0.400. The third kappa shape index (κ3) is 2.99. The van der Waals surface area contributed by atoms with E-state index in [2.05, 4.69) is 59.2 Å². The summed E-state index contributed by atoms with van der Waals surface area (Å²) in [6.07, 6.45) is 4.91. The Balaban J connectivity index is 2.18. The second-order valence-electron chi connectivity index (χ2n) is 4.37. The average molecular weight is 243 g/mol. The van der Waals surface area contributed by atoms with Crippen LogP contribution in [0.25, 0.3) is 0 Å². The Morgan fingerprint density at radius 1 is 1.17 bits per heavy atom. The number of hydrogen-bond donors (Lipinski definition) is 1. The molecule has 0 radical (unpaired) electrons. The molecule has 3 heteroatoms. The van der Waals surface area contributed by atoms with E-state index in [-0.39, 0.29) is 0 Å². The molecular weight excluding hydrogens is 222 g/mol. The number of imidazole rings is 1. The Morgan fingerprint density at radius 3 is 2.67 bits per heavy atom. The normalized spacial score (nSPS) is 10.8. The van der Waals surface area contributed by atoms with Crippen molar-refractivity contribution in [3.63, 3.8) is 0 Å². The molecule has 0 saturated carbocycles. The standard InChI is InChI=1S/C15H21N3/c1-3-15-17-9-10-18(15)12-14-8-6-5-7-13(14)11-16-4-2/h5-10,16H,3-4,11-12H2,1-2H3. The fourth-order valence-electron chi connectivity index (χ4n) is 2.13. The zero-order valence-corrected chi connectivity index (χ0v) is 11.2. The molecule has 0 fully saturated rings. The highest BCUT2D eigenvalue weighted by atomic mass is 15.1. The second kappa shape index (κ2) is 6.36. The number of rotatable bonds is 6. The van der Waals surface area contributed by atoms with Crippen LogP contribution in [0.1, 0.15) is 30.8 Å². The van der Waals surface area contributed by atoms with Gasteiger partial charge >= 0.3 is 0 Å². The Kier molecular flexibility index (Phi) is 4.53. The fourth-order valence-corrected chi connectivity index (χ4v) is 2.13. The highest BCUT2D eigenvalue weighted by Gasteiger charge is 2.05. The zero-order chi connectivity index (χ0) is 12.8. The molecule has 1 aromatic heterocycles. The van der Waals surface area contributed by atoms with Crippen LogP contribution in [0.5, 0.6) is 0 Å². The van der Waals surface area contributed by atoms with Crippen molar-refractivity contribution in [3.8, 4) is 0 Å². The number of benzene rings is 1. The number of aromatic nitrogens is 2. The van der Waals surface area contributed by atoms with E-state index < -0.39 is 0 Å². The minimum absolute atomic E-state index is 0.907. The van der Waals surface area contributed by atoms with Gasteiger partial charge in [-0.15, -0.1) is 0 Å². The molecule has 0 aliphatic carbocycles. The highest BCUT2D eigenvalue weighted by molar-refractivity contribution is 5.27. The van der Waals surface area contributed by atoms with Crippen LogP contribution in [0, 0.1) is 0 Å². The van der Waals surface area contributed by atoms with Gasteiger partial charge in [0.1, 0.15) is 5.82 Å². The van der Waals surface area contributed by atoms with E-state index in [4.69, 9.17) is 0 Å². The van der Waals surface area contributed by atoms with Crippen LogP contribution in [0.2, 0.25) is 0 Å². The van der Waals surface area contributed by atoms with Gasteiger partial charge in [0, 0.05) is 31.9 Å². The number of nitrogens with one attached hydrogen (secondary N) is 1. The van der Waals surface area contributed by atoms with Gasteiger partial charge in [-0.1, -0.05) is 38.1 Å². The van der Waals surface area contributed by atoms with Gasteiger partial charge in [0.2, 0.25) is 0 Å². The van der Waals surface area contributed by atoms with Crippen molar-refractivity contribution in [1.29, 1.82) is 0 Å². The topological polar surface area (TPSA) is 29.9 Å². The van der Waals surface area contributed by atoms with Gasteiger partial charge in [-0.05, 0) is 17.7 Å². The van der Waals surface area contributed by atoms with Gasteiger partial charge in [0.05, 0.1) is 0 Å². The van der Waals surface area contributed by atoms with Crippen molar-refractivity contribution < 1.29 is 0 Å². The lowest BCUT2D eigenvalue weighted by atomic mass is 10.1. The first-order valence-corrected chi connectivity index (χ1v) is 6.62. The van der Waals surface area contributed by atoms with Gasteiger partial charge in [-0.2, -0.15) is 0 Å². The summed E-state index contributed by atoms with van der Waals surface area (Å²) in [4.78, 5) is 4.37. The summed E-state index contributed by atoms with van der Waals surface area (Å²) in [7, 11) is 0. The largest absolute Gasteiger partial charge is 0.331 e. The van der Waals surface area contributed by atoms with Crippen molar-refractivity contribution in [2.75, 3.05) is 6.54 Å². The lowest BCUT2D eigenvalue weighted by molar-refractivity contribution is 0.693. The van der Waals surface area contributed by atoms with Gasteiger partial charge in [-0.25, -0.2) is 4.98 Å². The zero-order valence-electron chi connectivity index (χ0n) is 11.2. The Bertz CT molecular complexity index is 488. The first-order chi connectivity index (χ1) is 8.85. The second-order valence-corrected chi connectivity index (χ2v) is 4.37. The molecule has 1 aromatic carbocycles. The minimum atomic E-state index is 0.907. The molecular formula is C15H21N3. The smallest absolute Gasteiger partial charge is 0.108 e. The molecule has 0 saturated heterocycles. The van der Waals surface area contributed by atoms with Crippen molar-refractivity contribution in [2.45, 2.75) is 33.4 Å². The summed E-state index contributed by atoms with van der Waals surface area (Å²) < 4.78 is 2.23. The van der Waals surface area contributed by atoms with E-state index in [1.54, 1.807) is 0 Å². The summed E-state index contributed by atoms with van der Waals surface area (Å²) in [6.45, 7) is 7.12. The lowest BCUT2D eigenvalue weighted by Crippen LogP contribution is -2.14. The quantitative estimate of drug-likeness (QED) is 0.845. The predicted octanol–water partition coefficient (Wildman–Crippen LogP) is 2.60. The van der Waals surface area contributed by atoms with Crippen molar-refractivity contribution in [2.24, 2.45) is 0 Å². The van der Waals surface area contributed by atoms with Crippen LogP contribution in [0.4, 0.5) is 0 Å². The van der Waals surface area contributed by atoms with Crippen molar-refractivity contribution in [3.05, 3.63) is 53.6 Å². The number of hydrogen-bond acceptors (Lipinski definition) is 2. The molecule has 1 heterocycles. The van der Waals surface area contributed by atoms with E-state index in [1.807, 2.05) is 6.20 Å². The van der Waals surface area contributed by atoms with E-state index in [9.17, 15) is 0 Å². The third-order valence-corrected chi connectivity index (χ3v) is 3.14. The van der Waals surface area contributed by atoms with Crippen molar-refractivity contribution >= 4 is 0 Å². The molecule has 0 amide bonds. The maximum absolute atomic E-state index is 4.37. The molecule has 2 rings (SSSR count). The van der Waals surface area contributed by atoms with Crippen LogP contribution >= 0.6 is 0 Å². The molecule has 96 valence electrons. The Labute approximate surface area is 109 Å². The third-order valence-electron chi connectivity index (χ3n) is 3.14. The first kappa shape index (κ1) is 12.8. The Morgan fingerprint density at radius 2 is 1.94 bits per heavy atom. The van der Waals surface area contributed by atoms with E-state index >= 15 is 0 Å². The molecule has 0 unspecified atom stereocenters. The van der Waals surface area contributed by atoms with Gasteiger partial charge in [-0.3, -0.25) is 0 Å². The highest BCUT2D eigenvalue weighted by Crippen LogP contribution is 2.12. The molecule has 0 bridgehead atoms. The average Bonchev–Trinajstić information content (AvgIpc) is 2.85. The van der Waals surface area contributed by atoms with Gasteiger partial charge in [0.15, 0.2) is 0 Å². The van der Waals surface area contributed by atoms with Crippen LogP contribution in [0.15, 0.2) is 36.7 Å². The van der Waals surface area contributed by atoms with Gasteiger partial charge in [0.25, 0.3) is 0 Å². The summed E-state index contributed by atoms with van der Waals surface area (Å²) in [5.41, 5.74) is 2.74. The van der Waals surface area contributed by atoms with Crippen LogP contribution < -0.4 is 5.32 Å². The minimum Gasteiger partial charge on any atom is -0.331 e. The first-order valence-electron chi connectivity index (χ1n) is 6.62. The molecule has 18 heavy (non-hydrogen) atoms. The van der Waals surface area contributed by atoms with E-state index in [0.717, 1.165) is 31.9 Å². The molecule has 1 N–H and O–H groups in total. The number of aryl methyl sites for hydroxylation is 1. The summed E-state index contributed by atoms with van der Waals surface area (Å²) >= 11 is 0. The summed E-state index contributed by atoms with van der Waals surface area (Å²) in [6, 6.07) is 8.60. The SMILES string of the molecule is CCNCc1ccccc1Cn1ccnc1CC. The maximum Gasteiger partial charge on any atom is 0.108 e.